The highest BCUT2D eigenvalue weighted by atomic mass is 32.1. The molecule has 0 bridgehead atoms. The summed E-state index contributed by atoms with van der Waals surface area (Å²) >= 11 is 3.81. The van der Waals surface area contributed by atoms with Crippen LogP contribution in [0.1, 0.15) is 53.7 Å². The molecule has 0 spiro atoms. The van der Waals surface area contributed by atoms with Crippen LogP contribution in [0.5, 0.6) is 5.75 Å². The number of aromatic nitrogens is 1. The Balaban J connectivity index is 2.59. The number of hydrogen-bond acceptors (Lipinski definition) is 7. The first kappa shape index (κ1) is 23.7. The van der Waals surface area contributed by atoms with E-state index in [-0.39, 0.29) is 5.75 Å². The standard InChI is InChI=1S/C19H28N2O6S/c1-18(2,3)26-16(23)21-14(15(22)28)10-8-12-7-9-13(11-20-12)25-17(24)27-19(4,5)6/h7,9,11,14H,8,10H2,1-6H3,(H,21,23)(H,22,28)/t14-/m1/s1. The summed E-state index contributed by atoms with van der Waals surface area (Å²) in [5, 5.41) is 2.03. The van der Waals surface area contributed by atoms with E-state index in [1.54, 1.807) is 53.7 Å². The second kappa shape index (κ2) is 9.77. The molecule has 1 rings (SSSR count). The molecule has 9 heteroatoms. The summed E-state index contributed by atoms with van der Waals surface area (Å²) in [5.41, 5.74) is -0.665. The molecule has 1 aromatic heterocycles. The molecule has 28 heavy (non-hydrogen) atoms. The smallest absolute Gasteiger partial charge is 0.444 e. The largest absolute Gasteiger partial charge is 0.514 e. The first-order valence-electron chi connectivity index (χ1n) is 8.83. The topological polar surface area (TPSA) is 104 Å². The van der Waals surface area contributed by atoms with Gasteiger partial charge in [0.15, 0.2) is 5.75 Å². The van der Waals surface area contributed by atoms with Crippen molar-refractivity contribution in [1.82, 2.24) is 10.3 Å². The quantitative estimate of drug-likeness (QED) is 0.542. The summed E-state index contributed by atoms with van der Waals surface area (Å²) < 4.78 is 15.3. The van der Waals surface area contributed by atoms with Crippen molar-refractivity contribution >= 4 is 30.0 Å². The lowest BCUT2D eigenvalue weighted by Gasteiger charge is -2.22. The van der Waals surface area contributed by atoms with Crippen LogP contribution in [0, 0.1) is 0 Å². The lowest BCUT2D eigenvalue weighted by Crippen LogP contribution is -2.42. The van der Waals surface area contributed by atoms with Gasteiger partial charge in [0.2, 0.25) is 5.12 Å². The molecule has 1 heterocycles. The molecule has 0 saturated carbocycles. The third kappa shape index (κ3) is 10.1. The van der Waals surface area contributed by atoms with Gasteiger partial charge in [0, 0.05) is 5.69 Å². The second-order valence-electron chi connectivity index (χ2n) is 8.13. The highest BCUT2D eigenvalue weighted by Crippen LogP contribution is 2.15. The Labute approximate surface area is 170 Å². The van der Waals surface area contributed by atoms with Gasteiger partial charge in [-0.3, -0.25) is 9.78 Å². The Bertz CT molecular complexity index is 692. The first-order chi connectivity index (χ1) is 12.7. The highest BCUT2D eigenvalue weighted by Gasteiger charge is 2.23. The number of hydrogen-bond donors (Lipinski definition) is 2. The van der Waals surface area contributed by atoms with Crippen molar-refractivity contribution in [2.24, 2.45) is 0 Å². The van der Waals surface area contributed by atoms with Gasteiger partial charge in [-0.1, -0.05) is 0 Å². The average molecular weight is 413 g/mol. The Morgan fingerprint density at radius 3 is 2.14 bits per heavy atom. The number of carbonyl (C=O) groups excluding carboxylic acids is 3. The third-order valence-corrected chi connectivity index (χ3v) is 3.38. The zero-order valence-electron chi connectivity index (χ0n) is 17.1. The minimum Gasteiger partial charge on any atom is -0.444 e. The third-order valence-electron chi connectivity index (χ3n) is 3.07. The maximum atomic E-state index is 11.8. The maximum absolute atomic E-state index is 11.8. The number of nitrogens with zero attached hydrogens (tertiary/aromatic N) is 1. The van der Waals surface area contributed by atoms with Crippen LogP contribution in [-0.4, -0.2) is 39.6 Å². The van der Waals surface area contributed by atoms with Gasteiger partial charge in [-0.25, -0.2) is 9.59 Å². The van der Waals surface area contributed by atoms with Crippen molar-refractivity contribution in [2.45, 2.75) is 71.6 Å². The van der Waals surface area contributed by atoms with Crippen molar-refractivity contribution in [2.75, 3.05) is 0 Å². The van der Waals surface area contributed by atoms with Crippen LogP contribution in [-0.2, 0) is 20.7 Å². The Morgan fingerprint density at radius 2 is 1.68 bits per heavy atom. The monoisotopic (exact) mass is 412 g/mol. The van der Waals surface area contributed by atoms with Crippen LogP contribution in [0.3, 0.4) is 0 Å². The number of ether oxygens (including phenoxy) is 3. The maximum Gasteiger partial charge on any atom is 0.514 e. The van der Waals surface area contributed by atoms with Crippen LogP contribution < -0.4 is 10.1 Å². The SMILES string of the molecule is CC(C)(C)OC(=O)N[C@H](CCc1ccc(OC(=O)OC(C)(C)C)cn1)C(=O)S. The second-order valence-corrected chi connectivity index (χ2v) is 8.57. The molecule has 1 amide bonds. The van der Waals surface area contributed by atoms with Gasteiger partial charge in [0.25, 0.3) is 0 Å². The predicted molar refractivity (Wildman–Crippen MR) is 107 cm³/mol. The molecule has 0 saturated heterocycles. The van der Waals surface area contributed by atoms with Crippen LogP contribution in [0.25, 0.3) is 0 Å². The van der Waals surface area contributed by atoms with Crippen molar-refractivity contribution in [1.29, 1.82) is 0 Å². The van der Waals surface area contributed by atoms with E-state index in [4.69, 9.17) is 14.2 Å². The van der Waals surface area contributed by atoms with E-state index in [1.165, 1.54) is 6.20 Å². The summed E-state index contributed by atoms with van der Waals surface area (Å²) in [5.74, 6) is 0.242. The van der Waals surface area contributed by atoms with E-state index >= 15 is 0 Å². The van der Waals surface area contributed by atoms with Gasteiger partial charge >= 0.3 is 12.2 Å². The molecule has 0 aliphatic rings. The number of pyridine rings is 1. The molecular weight excluding hydrogens is 384 g/mol. The summed E-state index contributed by atoms with van der Waals surface area (Å²) in [6.45, 7) is 10.4. The van der Waals surface area contributed by atoms with Crippen molar-refractivity contribution in [3.63, 3.8) is 0 Å². The van der Waals surface area contributed by atoms with Gasteiger partial charge < -0.3 is 19.5 Å². The lowest BCUT2D eigenvalue weighted by molar-refractivity contribution is -0.112. The number of carbonyl (C=O) groups is 3. The first-order valence-corrected chi connectivity index (χ1v) is 9.28. The summed E-state index contributed by atoms with van der Waals surface area (Å²) in [6.07, 6.45) is 0.580. The number of rotatable bonds is 6. The molecular formula is C19H28N2O6S. The van der Waals surface area contributed by atoms with Crippen LogP contribution in [0.4, 0.5) is 9.59 Å². The molecule has 0 aromatic carbocycles. The molecule has 1 aromatic rings. The summed E-state index contributed by atoms with van der Waals surface area (Å²) in [7, 11) is 0. The van der Waals surface area contributed by atoms with Gasteiger partial charge in [0.05, 0.1) is 6.20 Å². The molecule has 1 atom stereocenters. The Morgan fingerprint density at radius 1 is 1.07 bits per heavy atom. The van der Waals surface area contributed by atoms with Crippen LogP contribution in [0.2, 0.25) is 0 Å². The van der Waals surface area contributed by atoms with Gasteiger partial charge in [0.1, 0.15) is 17.2 Å². The Kier molecular flexibility index (Phi) is 8.29. The molecule has 0 fully saturated rings. The minimum atomic E-state index is -0.815. The van der Waals surface area contributed by atoms with E-state index in [9.17, 15) is 14.4 Å². The van der Waals surface area contributed by atoms with E-state index in [2.05, 4.69) is 22.9 Å². The van der Waals surface area contributed by atoms with E-state index in [0.29, 0.717) is 18.5 Å². The lowest BCUT2D eigenvalue weighted by atomic mass is 10.1. The highest BCUT2D eigenvalue weighted by molar-refractivity contribution is 7.96. The average Bonchev–Trinajstić information content (AvgIpc) is 2.48. The van der Waals surface area contributed by atoms with Crippen molar-refractivity contribution in [3.05, 3.63) is 24.0 Å². The zero-order chi connectivity index (χ0) is 21.5. The van der Waals surface area contributed by atoms with Gasteiger partial charge in [-0.2, -0.15) is 0 Å². The van der Waals surface area contributed by atoms with Crippen LogP contribution in [0.15, 0.2) is 18.3 Å². The number of alkyl carbamates (subject to hydrolysis) is 1. The number of nitrogens with one attached hydrogen (secondary N) is 1. The molecule has 1 N–H and O–H groups in total. The Hall–Kier alpha value is -2.29. The van der Waals surface area contributed by atoms with E-state index in [0.717, 1.165) is 0 Å². The zero-order valence-corrected chi connectivity index (χ0v) is 18.0. The number of thiol groups is 1. The van der Waals surface area contributed by atoms with Gasteiger partial charge in [-0.05, 0) is 66.5 Å². The molecule has 0 aliphatic carbocycles. The van der Waals surface area contributed by atoms with Gasteiger partial charge in [-0.15, -0.1) is 12.6 Å². The fourth-order valence-corrected chi connectivity index (χ4v) is 2.18. The summed E-state index contributed by atoms with van der Waals surface area (Å²) in [6, 6.07) is 2.43. The van der Waals surface area contributed by atoms with Crippen molar-refractivity contribution < 1.29 is 28.6 Å². The normalized spacial score (nSPS) is 12.7. The molecule has 0 radical (unpaired) electrons. The predicted octanol–water partition coefficient (Wildman–Crippen LogP) is 3.68. The van der Waals surface area contributed by atoms with E-state index < -0.39 is 34.6 Å². The van der Waals surface area contributed by atoms with Crippen molar-refractivity contribution in [3.8, 4) is 5.75 Å². The summed E-state index contributed by atoms with van der Waals surface area (Å²) in [4.78, 5) is 39.3. The molecule has 8 nitrogen and oxygen atoms in total. The molecule has 0 unspecified atom stereocenters. The molecule has 0 aliphatic heterocycles. The van der Waals surface area contributed by atoms with E-state index in [1.807, 2.05) is 0 Å². The minimum absolute atomic E-state index is 0.242. The fourth-order valence-electron chi connectivity index (χ4n) is 1.99. The number of aryl methyl sites for hydroxylation is 1. The van der Waals surface area contributed by atoms with Crippen LogP contribution >= 0.6 is 12.6 Å². The molecule has 156 valence electrons. The fraction of sp³-hybridized carbons (Fsp3) is 0.579. The number of amides is 1.